The molecular formula is C38H47NO7S. The molecule has 0 unspecified atom stereocenters. The van der Waals surface area contributed by atoms with E-state index in [4.69, 9.17) is 13.7 Å². The van der Waals surface area contributed by atoms with Crippen molar-refractivity contribution >= 4 is 21.7 Å². The van der Waals surface area contributed by atoms with Crippen molar-refractivity contribution in [2.45, 2.75) is 84.0 Å². The zero-order chi connectivity index (χ0) is 34.3. The predicted octanol–water partition coefficient (Wildman–Crippen LogP) is 7.22. The van der Waals surface area contributed by atoms with Gasteiger partial charge in [-0.2, -0.15) is 8.42 Å². The van der Waals surface area contributed by atoms with E-state index in [-0.39, 0.29) is 45.2 Å². The first-order valence-electron chi connectivity index (χ1n) is 16.2. The van der Waals surface area contributed by atoms with Gasteiger partial charge in [0, 0.05) is 67.1 Å². The standard InChI is InChI=1S/C38H47NO7S/c1-9-11-25-18-26(19-32(45-8)36(25)46-47(42,43)27-14-12-24(2)13-15-27)33-34-28(20-37(3,4)22-30(34)40)39(16-10-17-44-7)29-21-38(5,6)23-31(41)35(29)33/h9,12-15,18-19,33H,1,10-11,16-17,20-23H2,2-8H3. The van der Waals surface area contributed by atoms with Gasteiger partial charge in [-0.3, -0.25) is 9.59 Å². The molecule has 0 saturated carbocycles. The molecule has 1 heterocycles. The molecule has 3 aliphatic rings. The topological polar surface area (TPSA) is 99.2 Å². The number of hydrogen-bond acceptors (Lipinski definition) is 8. The molecular weight excluding hydrogens is 614 g/mol. The molecule has 1 aliphatic heterocycles. The molecule has 0 aromatic heterocycles. The van der Waals surface area contributed by atoms with E-state index in [9.17, 15) is 18.0 Å². The predicted molar refractivity (Wildman–Crippen MR) is 182 cm³/mol. The lowest BCUT2D eigenvalue weighted by atomic mass is 9.63. The summed E-state index contributed by atoms with van der Waals surface area (Å²) in [7, 11) is -1.07. The fourth-order valence-electron chi connectivity index (χ4n) is 7.28. The average molecular weight is 662 g/mol. The van der Waals surface area contributed by atoms with Gasteiger partial charge in [-0.25, -0.2) is 0 Å². The van der Waals surface area contributed by atoms with Gasteiger partial charge in [-0.15, -0.1) is 6.58 Å². The van der Waals surface area contributed by atoms with Crippen LogP contribution in [0.3, 0.4) is 0 Å². The summed E-state index contributed by atoms with van der Waals surface area (Å²) in [4.78, 5) is 30.7. The third-order valence-electron chi connectivity index (χ3n) is 9.33. The normalized spacial score (nSPS) is 19.4. The molecule has 252 valence electrons. The number of carbonyl (C=O) groups is 2. The van der Waals surface area contributed by atoms with Crippen molar-refractivity contribution in [3.63, 3.8) is 0 Å². The summed E-state index contributed by atoms with van der Waals surface area (Å²) in [6.07, 6.45) is 4.80. The zero-order valence-electron chi connectivity index (χ0n) is 28.7. The Hall–Kier alpha value is -3.69. The highest BCUT2D eigenvalue weighted by molar-refractivity contribution is 7.87. The Balaban J connectivity index is 1.73. The fourth-order valence-corrected chi connectivity index (χ4v) is 8.26. The van der Waals surface area contributed by atoms with E-state index < -0.39 is 16.0 Å². The number of ketones is 2. The molecule has 2 aliphatic carbocycles. The molecule has 0 saturated heterocycles. The molecule has 8 nitrogen and oxygen atoms in total. The fraction of sp³-hybridized carbons (Fsp3) is 0.474. The van der Waals surface area contributed by atoms with Crippen molar-refractivity contribution in [1.82, 2.24) is 4.90 Å². The van der Waals surface area contributed by atoms with Crippen LogP contribution in [0.2, 0.25) is 0 Å². The van der Waals surface area contributed by atoms with Crippen LogP contribution < -0.4 is 8.92 Å². The maximum absolute atomic E-state index is 14.2. The van der Waals surface area contributed by atoms with Gasteiger partial charge in [0.2, 0.25) is 0 Å². The Morgan fingerprint density at radius 2 is 1.49 bits per heavy atom. The molecule has 0 atom stereocenters. The van der Waals surface area contributed by atoms with E-state index in [1.165, 1.54) is 19.2 Å². The molecule has 47 heavy (non-hydrogen) atoms. The third kappa shape index (κ3) is 6.97. The Bertz CT molecular complexity index is 1710. The second-order valence-corrected chi connectivity index (χ2v) is 16.1. The van der Waals surface area contributed by atoms with Crippen molar-refractivity contribution in [2.24, 2.45) is 10.8 Å². The van der Waals surface area contributed by atoms with Crippen molar-refractivity contribution in [3.8, 4) is 11.5 Å². The van der Waals surface area contributed by atoms with Crippen LogP contribution in [-0.2, 0) is 30.9 Å². The highest BCUT2D eigenvalue weighted by atomic mass is 32.2. The maximum Gasteiger partial charge on any atom is 0.339 e. The largest absolute Gasteiger partial charge is 0.493 e. The van der Waals surface area contributed by atoms with Gasteiger partial charge in [0.15, 0.2) is 23.1 Å². The number of rotatable bonds is 11. The Kier molecular flexibility index (Phi) is 9.64. The highest BCUT2D eigenvalue weighted by Gasteiger charge is 2.49. The highest BCUT2D eigenvalue weighted by Crippen LogP contribution is 2.55. The number of aryl methyl sites for hydroxylation is 1. The first kappa shape index (κ1) is 34.6. The van der Waals surface area contributed by atoms with E-state index in [2.05, 4.69) is 39.2 Å². The van der Waals surface area contributed by atoms with Crippen LogP contribution in [0, 0.1) is 17.8 Å². The minimum absolute atomic E-state index is 0.0219. The molecule has 2 aromatic rings. The molecule has 0 bridgehead atoms. The van der Waals surface area contributed by atoms with E-state index >= 15 is 0 Å². The van der Waals surface area contributed by atoms with Gasteiger partial charge in [-0.05, 0) is 67.2 Å². The Morgan fingerprint density at radius 1 is 0.915 bits per heavy atom. The molecule has 0 fully saturated rings. The summed E-state index contributed by atoms with van der Waals surface area (Å²) in [5.74, 6) is -0.313. The second kappa shape index (κ2) is 13.1. The van der Waals surface area contributed by atoms with Crippen molar-refractivity contribution in [3.05, 3.63) is 88.3 Å². The summed E-state index contributed by atoms with van der Waals surface area (Å²) in [6, 6.07) is 10.0. The van der Waals surface area contributed by atoms with Crippen LogP contribution in [0.4, 0.5) is 0 Å². The van der Waals surface area contributed by atoms with E-state index in [0.717, 1.165) is 23.4 Å². The van der Waals surface area contributed by atoms with Crippen molar-refractivity contribution in [1.29, 1.82) is 0 Å². The van der Waals surface area contributed by atoms with Gasteiger partial charge in [0.1, 0.15) is 4.90 Å². The summed E-state index contributed by atoms with van der Waals surface area (Å²) in [5.41, 5.74) is 4.85. The summed E-state index contributed by atoms with van der Waals surface area (Å²) in [5, 5.41) is 0. The number of methoxy groups -OCH3 is 2. The smallest absolute Gasteiger partial charge is 0.339 e. The first-order valence-corrected chi connectivity index (χ1v) is 17.6. The van der Waals surface area contributed by atoms with Gasteiger partial charge in [0.05, 0.1) is 7.11 Å². The number of nitrogens with zero attached hydrogens (tertiary/aromatic N) is 1. The third-order valence-corrected chi connectivity index (χ3v) is 10.6. The first-order chi connectivity index (χ1) is 22.1. The summed E-state index contributed by atoms with van der Waals surface area (Å²) >= 11 is 0. The lowest BCUT2D eigenvalue weighted by Gasteiger charge is -2.49. The quantitative estimate of drug-likeness (QED) is 0.141. The van der Waals surface area contributed by atoms with Crippen LogP contribution in [0.15, 0.2) is 76.5 Å². The summed E-state index contributed by atoms with van der Waals surface area (Å²) in [6.45, 7) is 15.4. The van der Waals surface area contributed by atoms with Crippen LogP contribution in [0.25, 0.3) is 0 Å². The Morgan fingerprint density at radius 3 is 2.00 bits per heavy atom. The average Bonchev–Trinajstić information content (AvgIpc) is 2.97. The van der Waals surface area contributed by atoms with Gasteiger partial charge in [-0.1, -0.05) is 57.5 Å². The monoisotopic (exact) mass is 661 g/mol. The second-order valence-electron chi connectivity index (χ2n) is 14.6. The number of allylic oxidation sites excluding steroid dienone is 5. The van der Waals surface area contributed by atoms with Gasteiger partial charge < -0.3 is 18.6 Å². The number of benzene rings is 2. The molecule has 0 N–H and O–H groups in total. The minimum atomic E-state index is -4.20. The number of carbonyl (C=O) groups excluding carboxylic acids is 2. The lowest BCUT2D eigenvalue weighted by Crippen LogP contribution is -2.44. The number of Topliss-reactive ketones (excluding diaryl/α,β-unsaturated/α-hetero) is 2. The van der Waals surface area contributed by atoms with Crippen LogP contribution in [-0.4, -0.2) is 52.3 Å². The van der Waals surface area contributed by atoms with E-state index in [0.29, 0.717) is 61.1 Å². The molecule has 2 aromatic carbocycles. The Labute approximate surface area is 279 Å². The van der Waals surface area contributed by atoms with E-state index in [1.807, 2.05) is 13.0 Å². The molecule has 5 rings (SSSR count). The number of hydrogen-bond donors (Lipinski definition) is 0. The summed E-state index contributed by atoms with van der Waals surface area (Å²) < 4.78 is 43.8. The van der Waals surface area contributed by atoms with Gasteiger partial charge >= 0.3 is 10.1 Å². The molecule has 0 radical (unpaired) electrons. The molecule has 0 amide bonds. The SMILES string of the molecule is C=CCc1cc(C2C3=C(CC(C)(C)CC3=O)N(CCCOC)C3=C2C(=O)CC(C)(C)C3)cc(OC)c1OS(=O)(=O)c1ccc(C)cc1. The maximum atomic E-state index is 14.2. The zero-order valence-corrected chi connectivity index (χ0v) is 29.5. The number of ether oxygens (including phenoxy) is 2. The lowest BCUT2D eigenvalue weighted by molar-refractivity contribution is -0.119. The van der Waals surface area contributed by atoms with Crippen molar-refractivity contribution in [2.75, 3.05) is 27.4 Å². The van der Waals surface area contributed by atoms with E-state index in [1.54, 1.807) is 31.4 Å². The minimum Gasteiger partial charge on any atom is -0.493 e. The molecule has 9 heteroatoms. The van der Waals surface area contributed by atoms with Crippen LogP contribution >= 0.6 is 0 Å². The van der Waals surface area contributed by atoms with Crippen molar-refractivity contribution < 1.29 is 31.7 Å². The van der Waals surface area contributed by atoms with Crippen LogP contribution in [0.1, 0.15) is 82.4 Å². The molecule has 0 spiro atoms. The van der Waals surface area contributed by atoms with Gasteiger partial charge in [0.25, 0.3) is 0 Å². The van der Waals surface area contributed by atoms with Crippen LogP contribution in [0.5, 0.6) is 11.5 Å².